The summed E-state index contributed by atoms with van der Waals surface area (Å²) in [6, 6.07) is 16.2. The highest BCUT2D eigenvalue weighted by molar-refractivity contribution is 6.62. The number of rotatable bonds is 7. The lowest BCUT2D eigenvalue weighted by Crippen LogP contribution is -2.41. The Morgan fingerprint density at radius 2 is 1.59 bits per heavy atom. The molecule has 1 atom stereocenters. The molecule has 168 valence electrons. The second kappa shape index (κ2) is 8.73. The lowest BCUT2D eigenvalue weighted by atomic mass is 9.82. The topological polar surface area (TPSA) is 71.5 Å². The van der Waals surface area contributed by atoms with Gasteiger partial charge in [0.2, 0.25) is 0 Å². The van der Waals surface area contributed by atoms with Crippen molar-refractivity contribution >= 4 is 12.6 Å². The highest BCUT2D eigenvalue weighted by Crippen LogP contribution is 2.36. The molecule has 2 heterocycles. The summed E-state index contributed by atoms with van der Waals surface area (Å²) in [5.41, 5.74) is 8.36. The number of nitrogens with two attached hydrogens (primary N) is 1. The van der Waals surface area contributed by atoms with Crippen LogP contribution >= 0.6 is 0 Å². The van der Waals surface area contributed by atoms with Crippen molar-refractivity contribution in [1.29, 1.82) is 0 Å². The standard InChI is InChI=1S/C25H32BN3O3/c1-18(27)12-19-8-6-10-22(13-19)30-23-11-7-9-20(14-23)16-29-17-21(15-28-29)26-31-24(2,3)25(4,5)32-26/h6-11,13-15,17-18H,12,16,27H2,1-5H3/t18-/m0/s1. The molecule has 32 heavy (non-hydrogen) atoms. The van der Waals surface area contributed by atoms with Crippen molar-refractivity contribution in [2.24, 2.45) is 5.73 Å². The Morgan fingerprint density at radius 3 is 2.22 bits per heavy atom. The monoisotopic (exact) mass is 433 g/mol. The Hall–Kier alpha value is -2.61. The Morgan fingerprint density at radius 1 is 1.00 bits per heavy atom. The van der Waals surface area contributed by atoms with Crippen molar-refractivity contribution in [2.75, 3.05) is 0 Å². The fraction of sp³-hybridized carbons (Fsp3) is 0.400. The van der Waals surface area contributed by atoms with Gasteiger partial charge in [-0.05, 0) is 76.4 Å². The molecule has 1 aliphatic rings. The summed E-state index contributed by atoms with van der Waals surface area (Å²) < 4.78 is 20.3. The molecule has 1 aliphatic heterocycles. The van der Waals surface area contributed by atoms with E-state index in [2.05, 4.69) is 44.9 Å². The van der Waals surface area contributed by atoms with E-state index >= 15 is 0 Å². The van der Waals surface area contributed by atoms with Crippen LogP contribution in [0, 0.1) is 0 Å². The van der Waals surface area contributed by atoms with Crippen molar-refractivity contribution in [2.45, 2.75) is 64.8 Å². The molecule has 0 bridgehead atoms. The molecule has 0 amide bonds. The minimum absolute atomic E-state index is 0.115. The van der Waals surface area contributed by atoms with Gasteiger partial charge in [-0.25, -0.2) is 0 Å². The zero-order valence-corrected chi connectivity index (χ0v) is 19.5. The van der Waals surface area contributed by atoms with E-state index in [0.29, 0.717) is 6.54 Å². The number of hydrogen-bond acceptors (Lipinski definition) is 5. The predicted octanol–water partition coefficient (Wildman–Crippen LogP) is 3.91. The number of benzene rings is 2. The summed E-state index contributed by atoms with van der Waals surface area (Å²) in [6.45, 7) is 10.8. The summed E-state index contributed by atoms with van der Waals surface area (Å²) in [7, 11) is -0.410. The van der Waals surface area contributed by atoms with Crippen LogP contribution in [0.1, 0.15) is 45.7 Å². The molecule has 1 fully saturated rings. The van der Waals surface area contributed by atoms with Crippen molar-refractivity contribution in [3.8, 4) is 11.5 Å². The molecule has 0 radical (unpaired) electrons. The summed E-state index contributed by atoms with van der Waals surface area (Å²) in [6.07, 6.45) is 4.61. The van der Waals surface area contributed by atoms with Crippen LogP contribution in [0.25, 0.3) is 0 Å². The highest BCUT2D eigenvalue weighted by Gasteiger charge is 2.52. The zero-order chi connectivity index (χ0) is 22.9. The molecule has 1 aromatic heterocycles. The Bertz CT molecular complexity index is 1060. The minimum Gasteiger partial charge on any atom is -0.457 e. The molecule has 4 rings (SSSR count). The van der Waals surface area contributed by atoms with Crippen molar-refractivity contribution in [1.82, 2.24) is 9.78 Å². The molecule has 6 nitrogen and oxygen atoms in total. The smallest absolute Gasteiger partial charge is 0.457 e. The molecule has 1 saturated heterocycles. The van der Waals surface area contributed by atoms with Gasteiger partial charge in [-0.2, -0.15) is 5.10 Å². The lowest BCUT2D eigenvalue weighted by Gasteiger charge is -2.32. The van der Waals surface area contributed by atoms with Crippen LogP contribution in [0.4, 0.5) is 0 Å². The van der Waals surface area contributed by atoms with E-state index < -0.39 is 7.12 Å². The summed E-state index contributed by atoms with van der Waals surface area (Å²) in [5, 5.41) is 4.51. The third-order valence-electron chi connectivity index (χ3n) is 6.11. The molecule has 0 spiro atoms. The zero-order valence-electron chi connectivity index (χ0n) is 19.5. The maximum Gasteiger partial charge on any atom is 0.498 e. The van der Waals surface area contributed by atoms with Crippen LogP contribution in [0.2, 0.25) is 0 Å². The van der Waals surface area contributed by atoms with Crippen LogP contribution < -0.4 is 15.9 Å². The minimum atomic E-state index is -0.410. The fourth-order valence-electron chi connectivity index (χ4n) is 3.71. The number of hydrogen-bond donors (Lipinski definition) is 1. The summed E-state index contributed by atoms with van der Waals surface area (Å²) in [4.78, 5) is 0. The molecule has 7 heteroatoms. The van der Waals surface area contributed by atoms with E-state index in [9.17, 15) is 0 Å². The average Bonchev–Trinajstić information content (AvgIpc) is 3.23. The summed E-state index contributed by atoms with van der Waals surface area (Å²) in [5.74, 6) is 1.60. The van der Waals surface area contributed by atoms with Crippen LogP contribution in [-0.4, -0.2) is 34.1 Å². The van der Waals surface area contributed by atoms with Crippen LogP contribution in [0.15, 0.2) is 60.9 Å². The number of nitrogens with zero attached hydrogens (tertiary/aromatic N) is 2. The van der Waals surface area contributed by atoms with Gasteiger partial charge in [0, 0.05) is 23.9 Å². The van der Waals surface area contributed by atoms with Gasteiger partial charge in [0.15, 0.2) is 0 Å². The molecule has 2 N–H and O–H groups in total. The first-order valence-electron chi connectivity index (χ1n) is 11.1. The van der Waals surface area contributed by atoms with Crippen LogP contribution in [-0.2, 0) is 22.3 Å². The Kier molecular flexibility index (Phi) is 6.16. The number of ether oxygens (including phenoxy) is 1. The second-order valence-corrected chi connectivity index (χ2v) is 9.64. The molecule has 2 aromatic carbocycles. The molecule has 0 unspecified atom stereocenters. The van der Waals surface area contributed by atoms with E-state index in [4.69, 9.17) is 19.8 Å². The predicted molar refractivity (Wildman–Crippen MR) is 127 cm³/mol. The normalized spacial score (nSPS) is 18.0. The van der Waals surface area contributed by atoms with E-state index in [1.807, 2.05) is 60.4 Å². The van der Waals surface area contributed by atoms with Gasteiger partial charge < -0.3 is 19.8 Å². The first kappa shape index (κ1) is 22.6. The van der Waals surface area contributed by atoms with Gasteiger partial charge in [-0.1, -0.05) is 24.3 Å². The molecular weight excluding hydrogens is 401 g/mol. The van der Waals surface area contributed by atoms with Gasteiger partial charge in [-0.15, -0.1) is 0 Å². The maximum absolute atomic E-state index is 6.13. The molecule has 0 saturated carbocycles. The molecular formula is C25H32BN3O3. The SMILES string of the molecule is C[C@H](N)Cc1cccc(Oc2cccc(Cn3cc(B4OC(C)(C)C(C)(C)O4)cn3)c2)c1. The summed E-state index contributed by atoms with van der Waals surface area (Å²) >= 11 is 0. The van der Waals surface area contributed by atoms with Gasteiger partial charge in [0.05, 0.1) is 17.7 Å². The fourth-order valence-corrected chi connectivity index (χ4v) is 3.71. The van der Waals surface area contributed by atoms with Crippen molar-refractivity contribution in [3.63, 3.8) is 0 Å². The third kappa shape index (κ3) is 5.06. The van der Waals surface area contributed by atoms with Gasteiger partial charge in [0.25, 0.3) is 0 Å². The van der Waals surface area contributed by atoms with E-state index in [0.717, 1.165) is 28.9 Å². The second-order valence-electron chi connectivity index (χ2n) is 9.64. The highest BCUT2D eigenvalue weighted by atomic mass is 16.7. The largest absolute Gasteiger partial charge is 0.498 e. The van der Waals surface area contributed by atoms with Crippen molar-refractivity contribution < 1.29 is 14.0 Å². The van der Waals surface area contributed by atoms with Crippen molar-refractivity contribution in [3.05, 3.63) is 72.1 Å². The first-order chi connectivity index (χ1) is 15.1. The lowest BCUT2D eigenvalue weighted by molar-refractivity contribution is 0.00578. The van der Waals surface area contributed by atoms with Gasteiger partial charge in [-0.3, -0.25) is 4.68 Å². The Balaban J connectivity index is 1.43. The van der Waals surface area contributed by atoms with E-state index in [1.54, 1.807) is 0 Å². The maximum atomic E-state index is 6.13. The first-order valence-corrected chi connectivity index (χ1v) is 11.1. The van der Waals surface area contributed by atoms with E-state index in [1.165, 1.54) is 5.56 Å². The molecule has 3 aromatic rings. The van der Waals surface area contributed by atoms with E-state index in [-0.39, 0.29) is 17.2 Å². The number of aromatic nitrogens is 2. The molecule has 0 aliphatic carbocycles. The van der Waals surface area contributed by atoms with Gasteiger partial charge in [0.1, 0.15) is 11.5 Å². The Labute approximate surface area is 190 Å². The van der Waals surface area contributed by atoms with Crippen LogP contribution in [0.3, 0.4) is 0 Å². The third-order valence-corrected chi connectivity index (χ3v) is 6.11. The van der Waals surface area contributed by atoms with Gasteiger partial charge >= 0.3 is 7.12 Å². The average molecular weight is 433 g/mol. The van der Waals surface area contributed by atoms with Crippen LogP contribution in [0.5, 0.6) is 11.5 Å². The quantitative estimate of drug-likeness (QED) is 0.572.